The van der Waals surface area contributed by atoms with Gasteiger partial charge in [-0.3, -0.25) is 4.79 Å². The second-order valence-electron chi connectivity index (χ2n) is 6.31. The first-order valence-electron chi connectivity index (χ1n) is 8.82. The van der Waals surface area contributed by atoms with Crippen LogP contribution in [0.1, 0.15) is 10.4 Å². The van der Waals surface area contributed by atoms with E-state index in [9.17, 15) is 13.2 Å². The third kappa shape index (κ3) is 3.83. The molecule has 9 heteroatoms. The summed E-state index contributed by atoms with van der Waals surface area (Å²) in [6.07, 6.45) is 3.07. The van der Waals surface area contributed by atoms with E-state index in [0.29, 0.717) is 36.9 Å². The molecule has 0 atom stereocenters. The predicted octanol–water partition coefficient (Wildman–Crippen LogP) is 2.56. The number of sulfonamides is 1. The maximum absolute atomic E-state index is 12.6. The number of ether oxygens (including phenoxy) is 1. The second-order valence-corrected chi connectivity index (χ2v) is 9.24. The van der Waals surface area contributed by atoms with Gasteiger partial charge in [0.2, 0.25) is 10.0 Å². The number of fused-ring (bicyclic) bond motifs is 1. The molecule has 2 aromatic heterocycles. The zero-order valence-corrected chi connectivity index (χ0v) is 16.6. The molecular formula is C19H19N3O4S2. The van der Waals surface area contributed by atoms with Gasteiger partial charge in [0.1, 0.15) is 4.90 Å². The lowest BCUT2D eigenvalue weighted by Gasteiger charge is -2.25. The predicted molar refractivity (Wildman–Crippen MR) is 107 cm³/mol. The van der Waals surface area contributed by atoms with Crippen LogP contribution in [0.3, 0.4) is 0 Å². The molecule has 1 fully saturated rings. The van der Waals surface area contributed by atoms with Crippen LogP contribution >= 0.6 is 11.8 Å². The van der Waals surface area contributed by atoms with Crippen LogP contribution in [0.15, 0.2) is 58.7 Å². The highest BCUT2D eigenvalue weighted by molar-refractivity contribution is 7.99. The fourth-order valence-corrected chi connectivity index (χ4v) is 5.14. The highest BCUT2D eigenvalue weighted by Gasteiger charge is 2.26. The number of rotatable bonds is 6. The number of carbonyl (C=O) groups is 1. The lowest BCUT2D eigenvalue weighted by atomic mass is 10.1. The molecule has 3 aromatic rings. The number of aromatic nitrogens is 2. The first-order valence-corrected chi connectivity index (χ1v) is 11.2. The maximum atomic E-state index is 12.6. The first-order chi connectivity index (χ1) is 13.6. The van der Waals surface area contributed by atoms with E-state index in [1.807, 2.05) is 24.3 Å². The number of Topliss-reactive ketones (excluding diaryl/α,β-unsaturated/α-hetero) is 1. The number of H-pyrrole nitrogens is 1. The highest BCUT2D eigenvalue weighted by atomic mass is 32.2. The van der Waals surface area contributed by atoms with E-state index < -0.39 is 10.0 Å². The van der Waals surface area contributed by atoms with Crippen molar-refractivity contribution in [3.05, 3.63) is 54.4 Å². The molecule has 146 valence electrons. The van der Waals surface area contributed by atoms with Crippen LogP contribution in [0.25, 0.3) is 10.9 Å². The minimum Gasteiger partial charge on any atom is -0.379 e. The van der Waals surface area contributed by atoms with Crippen molar-refractivity contribution in [2.24, 2.45) is 0 Å². The van der Waals surface area contributed by atoms with Gasteiger partial charge >= 0.3 is 0 Å². The van der Waals surface area contributed by atoms with Gasteiger partial charge in [-0.2, -0.15) is 4.31 Å². The Bertz CT molecular complexity index is 1090. The second kappa shape index (κ2) is 8.04. The Morgan fingerprint density at radius 1 is 1.18 bits per heavy atom. The molecule has 1 aromatic carbocycles. The molecule has 4 rings (SSSR count). The molecule has 0 radical (unpaired) electrons. The van der Waals surface area contributed by atoms with Crippen LogP contribution in [0.4, 0.5) is 0 Å². The van der Waals surface area contributed by atoms with Gasteiger partial charge in [0.25, 0.3) is 0 Å². The Hall–Kier alpha value is -2.20. The number of thioether (sulfide) groups is 1. The normalized spacial score (nSPS) is 15.7. The zero-order valence-electron chi connectivity index (χ0n) is 15.0. The third-order valence-electron chi connectivity index (χ3n) is 4.56. The number of pyridine rings is 1. The summed E-state index contributed by atoms with van der Waals surface area (Å²) >= 11 is 1.29. The van der Waals surface area contributed by atoms with Crippen molar-refractivity contribution in [1.82, 2.24) is 14.3 Å². The quantitative estimate of drug-likeness (QED) is 0.490. The first kappa shape index (κ1) is 19.1. The largest absolute Gasteiger partial charge is 0.379 e. The Labute approximate surface area is 167 Å². The molecule has 1 aliphatic rings. The lowest BCUT2D eigenvalue weighted by molar-refractivity contribution is 0.0730. The molecular weight excluding hydrogens is 398 g/mol. The number of hydrogen-bond acceptors (Lipinski definition) is 6. The number of aromatic amines is 1. The van der Waals surface area contributed by atoms with Gasteiger partial charge < -0.3 is 9.72 Å². The van der Waals surface area contributed by atoms with Crippen molar-refractivity contribution in [3.63, 3.8) is 0 Å². The smallest absolute Gasteiger partial charge is 0.244 e. The van der Waals surface area contributed by atoms with Crippen molar-refractivity contribution in [2.45, 2.75) is 9.92 Å². The number of ketones is 1. The number of morpholine rings is 1. The molecule has 0 unspecified atom stereocenters. The molecule has 0 bridgehead atoms. The van der Waals surface area contributed by atoms with Crippen molar-refractivity contribution >= 4 is 38.5 Å². The molecule has 1 aliphatic heterocycles. The molecule has 1 N–H and O–H groups in total. The fraction of sp³-hybridized carbons (Fsp3) is 0.263. The minimum atomic E-state index is -3.56. The number of carbonyl (C=O) groups excluding carboxylic acids is 1. The molecule has 28 heavy (non-hydrogen) atoms. The van der Waals surface area contributed by atoms with E-state index in [1.165, 1.54) is 28.3 Å². The van der Waals surface area contributed by atoms with Crippen molar-refractivity contribution in [3.8, 4) is 0 Å². The van der Waals surface area contributed by atoms with E-state index >= 15 is 0 Å². The summed E-state index contributed by atoms with van der Waals surface area (Å²) in [7, 11) is -3.56. The van der Waals surface area contributed by atoms with Crippen molar-refractivity contribution < 1.29 is 17.9 Å². The summed E-state index contributed by atoms with van der Waals surface area (Å²) in [6, 6.07) is 10.8. The maximum Gasteiger partial charge on any atom is 0.244 e. The van der Waals surface area contributed by atoms with Crippen LogP contribution in [0, 0.1) is 0 Å². The van der Waals surface area contributed by atoms with Crippen LogP contribution in [-0.4, -0.2) is 60.5 Å². The van der Waals surface area contributed by atoms with Gasteiger partial charge in [-0.15, -0.1) is 0 Å². The summed E-state index contributed by atoms with van der Waals surface area (Å²) in [5.74, 6) is 0.221. The van der Waals surface area contributed by atoms with Crippen LogP contribution < -0.4 is 0 Å². The van der Waals surface area contributed by atoms with Crippen LogP contribution in [0.2, 0.25) is 0 Å². The average molecular weight is 418 g/mol. The molecule has 3 heterocycles. The van der Waals surface area contributed by atoms with Gasteiger partial charge in [0.05, 0.1) is 24.0 Å². The van der Waals surface area contributed by atoms with Crippen LogP contribution in [-0.2, 0) is 14.8 Å². The van der Waals surface area contributed by atoms with Crippen molar-refractivity contribution in [2.75, 3.05) is 32.1 Å². The van der Waals surface area contributed by atoms with E-state index in [1.54, 1.807) is 12.3 Å². The number of benzene rings is 1. The standard InChI is InChI=1S/C19H19N3O4S2/c23-18(16-12-20-17-4-2-1-3-15(16)17)13-27-19-6-5-14(11-21-19)28(24,25)22-7-9-26-10-8-22/h1-6,11-12,20H,7-10,13H2. The average Bonchev–Trinajstić information content (AvgIpc) is 3.17. The van der Waals surface area contributed by atoms with Gasteiger partial charge in [0, 0.05) is 41.9 Å². The molecule has 1 saturated heterocycles. The molecule has 0 amide bonds. The Morgan fingerprint density at radius 3 is 2.71 bits per heavy atom. The van der Waals surface area contributed by atoms with Crippen molar-refractivity contribution in [1.29, 1.82) is 0 Å². The molecule has 0 aliphatic carbocycles. The Morgan fingerprint density at radius 2 is 1.96 bits per heavy atom. The Kier molecular flexibility index (Phi) is 5.49. The van der Waals surface area contributed by atoms with E-state index in [-0.39, 0.29) is 16.4 Å². The van der Waals surface area contributed by atoms with Gasteiger partial charge in [0.15, 0.2) is 5.78 Å². The molecule has 7 nitrogen and oxygen atoms in total. The lowest BCUT2D eigenvalue weighted by Crippen LogP contribution is -2.40. The van der Waals surface area contributed by atoms with Gasteiger partial charge in [-0.05, 0) is 18.2 Å². The molecule has 0 saturated carbocycles. The number of para-hydroxylation sites is 1. The Balaban J connectivity index is 1.42. The zero-order chi connectivity index (χ0) is 19.6. The van der Waals surface area contributed by atoms with E-state index in [4.69, 9.17) is 4.74 Å². The summed E-state index contributed by atoms with van der Waals surface area (Å²) in [5, 5.41) is 1.50. The highest BCUT2D eigenvalue weighted by Crippen LogP contribution is 2.23. The van der Waals surface area contributed by atoms with Crippen LogP contribution in [0.5, 0.6) is 0 Å². The topological polar surface area (TPSA) is 92.4 Å². The van der Waals surface area contributed by atoms with Gasteiger partial charge in [-0.25, -0.2) is 13.4 Å². The van der Waals surface area contributed by atoms with E-state index in [0.717, 1.165) is 10.9 Å². The van der Waals surface area contributed by atoms with Gasteiger partial charge in [-0.1, -0.05) is 30.0 Å². The number of nitrogens with one attached hydrogen (secondary N) is 1. The van der Waals surface area contributed by atoms with E-state index in [2.05, 4.69) is 9.97 Å². The fourth-order valence-electron chi connectivity index (χ4n) is 3.06. The third-order valence-corrected chi connectivity index (χ3v) is 7.38. The summed E-state index contributed by atoms with van der Waals surface area (Å²) in [4.78, 5) is 20.0. The molecule has 0 spiro atoms. The summed E-state index contributed by atoms with van der Waals surface area (Å²) in [6.45, 7) is 1.49. The number of hydrogen-bond donors (Lipinski definition) is 1. The SMILES string of the molecule is O=C(CSc1ccc(S(=O)(=O)N2CCOCC2)cn1)c1c[nH]c2ccccc12. The monoisotopic (exact) mass is 417 g/mol. The minimum absolute atomic E-state index is 0.00531. The summed E-state index contributed by atoms with van der Waals surface area (Å²) in [5.41, 5.74) is 1.57. The number of nitrogens with zero attached hydrogens (tertiary/aromatic N) is 2. The summed E-state index contributed by atoms with van der Waals surface area (Å²) < 4.78 is 31.8.